The number of hydrogen-bond acceptors (Lipinski definition) is 3. The molecule has 7 heteroatoms. The van der Waals surface area contributed by atoms with Gasteiger partial charge in [0.1, 0.15) is 0 Å². The molecule has 1 saturated carbocycles. The Bertz CT molecular complexity index is 1260. The number of nitrogens with zero attached hydrogens (tertiary/aromatic N) is 1. The fourth-order valence-electron chi connectivity index (χ4n) is 4.75. The third kappa shape index (κ3) is 6.96. The van der Waals surface area contributed by atoms with E-state index in [2.05, 4.69) is 5.32 Å². The molecule has 0 atom stereocenters. The summed E-state index contributed by atoms with van der Waals surface area (Å²) in [7, 11) is -3.72. The van der Waals surface area contributed by atoms with Crippen LogP contribution in [0.1, 0.15) is 42.4 Å². The second-order valence-corrected chi connectivity index (χ2v) is 12.0. The molecule has 5 nitrogen and oxygen atoms in total. The first-order valence-corrected chi connectivity index (χ1v) is 14.3. The van der Waals surface area contributed by atoms with E-state index in [0.29, 0.717) is 24.7 Å². The van der Waals surface area contributed by atoms with E-state index in [4.69, 9.17) is 11.6 Å². The number of rotatable bonds is 9. The van der Waals surface area contributed by atoms with E-state index in [-0.39, 0.29) is 22.6 Å². The molecule has 1 aliphatic rings. The molecule has 1 aliphatic carbocycles. The van der Waals surface area contributed by atoms with Gasteiger partial charge in [-0.3, -0.25) is 4.79 Å². The third-order valence-electron chi connectivity index (χ3n) is 6.90. The fourth-order valence-corrected chi connectivity index (χ4v) is 6.55. The average molecular weight is 525 g/mol. The lowest BCUT2D eigenvalue weighted by Crippen LogP contribution is -2.38. The van der Waals surface area contributed by atoms with E-state index < -0.39 is 10.0 Å². The van der Waals surface area contributed by atoms with Gasteiger partial charge >= 0.3 is 0 Å². The lowest BCUT2D eigenvalue weighted by Gasteiger charge is -2.32. The molecule has 190 valence electrons. The van der Waals surface area contributed by atoms with E-state index in [1.165, 1.54) is 11.6 Å². The number of sulfonamides is 1. The van der Waals surface area contributed by atoms with E-state index in [1.54, 1.807) is 22.5 Å². The van der Waals surface area contributed by atoms with Crippen molar-refractivity contribution >= 4 is 27.5 Å². The van der Waals surface area contributed by atoms with Gasteiger partial charge in [0.2, 0.25) is 15.9 Å². The number of hydrogen-bond donors (Lipinski definition) is 1. The van der Waals surface area contributed by atoms with Gasteiger partial charge in [0.25, 0.3) is 0 Å². The first kappa shape index (κ1) is 26.4. The molecule has 1 amide bonds. The van der Waals surface area contributed by atoms with Crippen LogP contribution < -0.4 is 5.32 Å². The van der Waals surface area contributed by atoms with Gasteiger partial charge < -0.3 is 5.32 Å². The molecule has 0 radical (unpaired) electrons. The Hall–Kier alpha value is -2.67. The SMILES string of the molecule is Cc1ccc(CNC(=O)C2CCC(CN(Cc3ccccc3)S(=O)(=O)c3cccc(Cl)c3)CC2)cc1. The summed E-state index contributed by atoms with van der Waals surface area (Å²) >= 11 is 6.10. The minimum Gasteiger partial charge on any atom is -0.352 e. The van der Waals surface area contributed by atoms with Gasteiger partial charge in [0.05, 0.1) is 4.90 Å². The van der Waals surface area contributed by atoms with Gasteiger partial charge in [-0.1, -0.05) is 77.8 Å². The van der Waals surface area contributed by atoms with Crippen LogP contribution in [0, 0.1) is 18.8 Å². The summed E-state index contributed by atoms with van der Waals surface area (Å²) < 4.78 is 28.7. The molecule has 0 aromatic heterocycles. The molecule has 0 heterocycles. The highest BCUT2D eigenvalue weighted by atomic mass is 35.5. The molecule has 0 spiro atoms. The standard InChI is InChI=1S/C29H33ClN2O3S/c1-22-10-12-23(13-11-22)19-31-29(33)26-16-14-25(15-17-26)21-32(20-24-6-3-2-4-7-24)36(34,35)28-9-5-8-27(30)18-28/h2-13,18,25-26H,14-17,19-21H2,1H3,(H,31,33). The lowest BCUT2D eigenvalue weighted by atomic mass is 9.81. The van der Waals surface area contributed by atoms with Crippen molar-refractivity contribution in [3.63, 3.8) is 0 Å². The van der Waals surface area contributed by atoms with Crippen molar-refractivity contribution in [1.29, 1.82) is 0 Å². The molecule has 36 heavy (non-hydrogen) atoms. The average Bonchev–Trinajstić information content (AvgIpc) is 2.89. The van der Waals surface area contributed by atoms with Crippen molar-refractivity contribution < 1.29 is 13.2 Å². The van der Waals surface area contributed by atoms with Crippen molar-refractivity contribution in [2.75, 3.05) is 6.54 Å². The minimum absolute atomic E-state index is 0.0289. The molecule has 3 aromatic rings. The molecule has 3 aromatic carbocycles. The summed E-state index contributed by atoms with van der Waals surface area (Å²) in [4.78, 5) is 13.0. The predicted octanol–water partition coefficient (Wildman–Crippen LogP) is 5.96. The Kier molecular flexibility index (Phi) is 8.83. The monoisotopic (exact) mass is 524 g/mol. The quantitative estimate of drug-likeness (QED) is 0.375. The normalized spacial score (nSPS) is 18.2. The van der Waals surface area contributed by atoms with E-state index in [9.17, 15) is 13.2 Å². The van der Waals surface area contributed by atoms with Crippen LogP contribution in [0.3, 0.4) is 0 Å². The number of amides is 1. The van der Waals surface area contributed by atoms with Crippen LogP contribution in [0.2, 0.25) is 5.02 Å². The number of aryl methyl sites for hydroxylation is 1. The second kappa shape index (κ2) is 12.0. The van der Waals surface area contributed by atoms with Gasteiger partial charge in [-0.2, -0.15) is 4.31 Å². The second-order valence-electron chi connectivity index (χ2n) is 9.66. The zero-order valence-electron chi connectivity index (χ0n) is 20.6. The topological polar surface area (TPSA) is 66.5 Å². The van der Waals surface area contributed by atoms with Gasteiger partial charge in [-0.05, 0) is 67.9 Å². The van der Waals surface area contributed by atoms with Crippen molar-refractivity contribution in [2.45, 2.75) is 50.6 Å². The lowest BCUT2D eigenvalue weighted by molar-refractivity contribution is -0.126. The number of halogens is 1. The first-order chi connectivity index (χ1) is 17.3. The largest absolute Gasteiger partial charge is 0.352 e. The van der Waals surface area contributed by atoms with Crippen LogP contribution >= 0.6 is 11.6 Å². The molecule has 0 bridgehead atoms. The highest BCUT2D eigenvalue weighted by molar-refractivity contribution is 7.89. The Balaban J connectivity index is 1.38. The third-order valence-corrected chi connectivity index (χ3v) is 8.95. The zero-order chi connectivity index (χ0) is 25.5. The number of nitrogens with one attached hydrogen (secondary N) is 1. The van der Waals surface area contributed by atoms with Crippen LogP contribution in [0.5, 0.6) is 0 Å². The Morgan fingerprint density at radius 3 is 2.28 bits per heavy atom. The van der Waals surface area contributed by atoms with E-state index >= 15 is 0 Å². The molecule has 1 N–H and O–H groups in total. The summed E-state index contributed by atoms with van der Waals surface area (Å²) in [6.07, 6.45) is 3.17. The molecular formula is C29H33ClN2O3S. The van der Waals surface area contributed by atoms with Gasteiger partial charge in [0.15, 0.2) is 0 Å². The van der Waals surface area contributed by atoms with Gasteiger partial charge in [0, 0.05) is 30.6 Å². The fraction of sp³-hybridized carbons (Fsp3) is 0.345. The molecular weight excluding hydrogens is 492 g/mol. The Labute approximate surface area is 219 Å². The Morgan fingerprint density at radius 2 is 1.61 bits per heavy atom. The molecule has 1 fully saturated rings. The van der Waals surface area contributed by atoms with Crippen LogP contribution in [-0.4, -0.2) is 25.2 Å². The summed E-state index contributed by atoms with van der Waals surface area (Å²) in [5, 5.41) is 3.47. The maximum absolute atomic E-state index is 13.6. The predicted molar refractivity (Wildman–Crippen MR) is 144 cm³/mol. The highest BCUT2D eigenvalue weighted by Gasteiger charge is 2.31. The summed E-state index contributed by atoms with van der Waals surface area (Å²) in [5.74, 6) is 0.254. The van der Waals surface area contributed by atoms with Gasteiger partial charge in [-0.15, -0.1) is 0 Å². The summed E-state index contributed by atoms with van der Waals surface area (Å²) in [5.41, 5.74) is 3.22. The van der Waals surface area contributed by atoms with Crippen molar-refractivity contribution in [2.24, 2.45) is 11.8 Å². The highest BCUT2D eigenvalue weighted by Crippen LogP contribution is 2.32. The van der Waals surface area contributed by atoms with Crippen LogP contribution in [0.4, 0.5) is 0 Å². The molecule has 0 saturated heterocycles. The first-order valence-electron chi connectivity index (χ1n) is 12.4. The minimum atomic E-state index is -3.72. The van der Waals surface area contributed by atoms with Crippen molar-refractivity contribution in [3.05, 3.63) is 101 Å². The maximum atomic E-state index is 13.6. The van der Waals surface area contributed by atoms with E-state index in [0.717, 1.165) is 36.8 Å². The van der Waals surface area contributed by atoms with E-state index in [1.807, 2.05) is 61.5 Å². The van der Waals surface area contributed by atoms with Crippen molar-refractivity contribution in [3.8, 4) is 0 Å². The molecule has 0 aliphatic heterocycles. The van der Waals surface area contributed by atoms with Crippen LogP contribution in [0.15, 0.2) is 83.8 Å². The maximum Gasteiger partial charge on any atom is 0.243 e. The Morgan fingerprint density at radius 1 is 0.917 bits per heavy atom. The number of carbonyl (C=O) groups is 1. The van der Waals surface area contributed by atoms with Crippen LogP contribution in [0.25, 0.3) is 0 Å². The van der Waals surface area contributed by atoms with Crippen molar-refractivity contribution in [1.82, 2.24) is 9.62 Å². The number of carbonyl (C=O) groups excluding carboxylic acids is 1. The summed E-state index contributed by atoms with van der Waals surface area (Å²) in [6.45, 7) is 3.29. The number of benzene rings is 3. The zero-order valence-corrected chi connectivity index (χ0v) is 22.1. The smallest absolute Gasteiger partial charge is 0.243 e. The van der Waals surface area contributed by atoms with Crippen LogP contribution in [-0.2, 0) is 27.9 Å². The van der Waals surface area contributed by atoms with Gasteiger partial charge in [-0.25, -0.2) is 8.42 Å². The molecule has 0 unspecified atom stereocenters. The summed E-state index contributed by atoms with van der Waals surface area (Å²) in [6, 6.07) is 24.2. The molecule has 4 rings (SSSR count).